The molecule has 0 aromatic heterocycles. The van der Waals surface area contributed by atoms with Gasteiger partial charge in [0, 0.05) is 6.54 Å². The highest BCUT2D eigenvalue weighted by Crippen LogP contribution is 2.11. The largest absolute Gasteiger partial charge is 0.493 e. The molecule has 0 heterocycles. The van der Waals surface area contributed by atoms with E-state index in [0.29, 0.717) is 32.4 Å². The predicted octanol–water partition coefficient (Wildman–Crippen LogP) is 2.04. The van der Waals surface area contributed by atoms with Crippen LogP contribution in [-0.2, 0) is 4.79 Å². The maximum absolute atomic E-state index is 11.5. The summed E-state index contributed by atoms with van der Waals surface area (Å²) < 4.78 is 5.47. The zero-order valence-corrected chi connectivity index (χ0v) is 11.7. The van der Waals surface area contributed by atoms with Crippen LogP contribution < -0.4 is 10.1 Å². The molecule has 0 saturated heterocycles. The number of carbonyl (C=O) groups excluding carboxylic acids is 1. The van der Waals surface area contributed by atoms with E-state index in [1.165, 1.54) is 5.56 Å². The summed E-state index contributed by atoms with van der Waals surface area (Å²) >= 11 is 0. The Morgan fingerprint density at radius 1 is 1.37 bits per heavy atom. The van der Waals surface area contributed by atoms with Gasteiger partial charge in [0.05, 0.1) is 19.1 Å². The first-order chi connectivity index (χ1) is 9.11. The van der Waals surface area contributed by atoms with E-state index in [1.54, 1.807) is 0 Å². The van der Waals surface area contributed by atoms with Crippen molar-refractivity contribution >= 4 is 5.91 Å². The van der Waals surface area contributed by atoms with Gasteiger partial charge in [0.25, 0.3) is 0 Å². The van der Waals surface area contributed by atoms with Crippen molar-refractivity contribution in [3.63, 3.8) is 0 Å². The third-order valence-electron chi connectivity index (χ3n) is 2.89. The van der Waals surface area contributed by atoms with E-state index >= 15 is 0 Å². The van der Waals surface area contributed by atoms with Gasteiger partial charge in [-0.25, -0.2) is 0 Å². The Kier molecular flexibility index (Phi) is 6.97. The topological polar surface area (TPSA) is 58.6 Å². The molecule has 0 aliphatic heterocycles. The van der Waals surface area contributed by atoms with Gasteiger partial charge in [-0.2, -0.15) is 0 Å². The molecule has 0 saturated carbocycles. The molecule has 4 heteroatoms. The first kappa shape index (κ1) is 15.5. The lowest BCUT2D eigenvalue weighted by Gasteiger charge is -2.09. The summed E-state index contributed by atoms with van der Waals surface area (Å²) in [7, 11) is 0. The van der Waals surface area contributed by atoms with Crippen LogP contribution in [0.1, 0.15) is 31.7 Å². The number of hydrogen-bond donors (Lipinski definition) is 2. The lowest BCUT2D eigenvalue weighted by atomic mass is 10.2. The van der Waals surface area contributed by atoms with E-state index < -0.39 is 0 Å². The Balaban J connectivity index is 2.11. The Hall–Kier alpha value is -1.55. The standard InChI is InChI=1S/C15H23NO3/c1-3-13(17)8-10-16-15(18)9-11-19-14-6-4-12(2)5-7-14/h4-7,13,17H,3,8-11H2,1-2H3,(H,16,18). The zero-order chi connectivity index (χ0) is 14.1. The highest BCUT2D eigenvalue weighted by atomic mass is 16.5. The summed E-state index contributed by atoms with van der Waals surface area (Å²) in [6, 6.07) is 7.73. The van der Waals surface area contributed by atoms with Crippen molar-refractivity contribution < 1.29 is 14.6 Å². The average molecular weight is 265 g/mol. The average Bonchev–Trinajstić information content (AvgIpc) is 2.41. The summed E-state index contributed by atoms with van der Waals surface area (Å²) in [5.74, 6) is 0.732. The molecule has 0 fully saturated rings. The van der Waals surface area contributed by atoms with Crippen LogP contribution in [0.15, 0.2) is 24.3 Å². The lowest BCUT2D eigenvalue weighted by molar-refractivity contribution is -0.121. The highest BCUT2D eigenvalue weighted by Gasteiger charge is 2.04. The van der Waals surface area contributed by atoms with Gasteiger partial charge in [0.2, 0.25) is 5.91 Å². The molecule has 0 aliphatic carbocycles. The second-order valence-electron chi connectivity index (χ2n) is 4.61. The minimum atomic E-state index is -0.330. The smallest absolute Gasteiger partial charge is 0.223 e. The van der Waals surface area contributed by atoms with E-state index in [-0.39, 0.29) is 12.0 Å². The molecule has 1 amide bonds. The van der Waals surface area contributed by atoms with Crippen molar-refractivity contribution in [3.05, 3.63) is 29.8 Å². The van der Waals surface area contributed by atoms with E-state index in [1.807, 2.05) is 38.1 Å². The molecule has 1 unspecified atom stereocenters. The van der Waals surface area contributed by atoms with Gasteiger partial charge in [-0.3, -0.25) is 4.79 Å². The molecule has 0 radical (unpaired) electrons. The van der Waals surface area contributed by atoms with Crippen LogP contribution in [0.2, 0.25) is 0 Å². The van der Waals surface area contributed by atoms with Crippen LogP contribution in [0.5, 0.6) is 5.75 Å². The summed E-state index contributed by atoms with van der Waals surface area (Å²) in [5.41, 5.74) is 1.18. The fourth-order valence-electron chi connectivity index (χ4n) is 1.57. The van der Waals surface area contributed by atoms with Gasteiger partial charge in [0.1, 0.15) is 5.75 Å². The van der Waals surface area contributed by atoms with Crippen LogP contribution in [0.4, 0.5) is 0 Å². The van der Waals surface area contributed by atoms with Gasteiger partial charge < -0.3 is 15.2 Å². The second kappa shape index (κ2) is 8.53. The van der Waals surface area contributed by atoms with Gasteiger partial charge >= 0.3 is 0 Å². The van der Waals surface area contributed by atoms with Gasteiger partial charge in [-0.1, -0.05) is 24.6 Å². The van der Waals surface area contributed by atoms with E-state index in [4.69, 9.17) is 4.74 Å². The van der Waals surface area contributed by atoms with Crippen LogP contribution in [0.25, 0.3) is 0 Å². The number of nitrogens with one attached hydrogen (secondary N) is 1. The van der Waals surface area contributed by atoms with E-state index in [0.717, 1.165) is 5.75 Å². The Labute approximate surface area is 114 Å². The van der Waals surface area contributed by atoms with Crippen molar-refractivity contribution in [2.75, 3.05) is 13.2 Å². The van der Waals surface area contributed by atoms with Crippen LogP contribution in [-0.4, -0.2) is 30.3 Å². The van der Waals surface area contributed by atoms with Crippen LogP contribution in [0.3, 0.4) is 0 Å². The van der Waals surface area contributed by atoms with Gasteiger partial charge in [0.15, 0.2) is 0 Å². The molecule has 0 aliphatic rings. The number of benzene rings is 1. The first-order valence-corrected chi connectivity index (χ1v) is 6.76. The van der Waals surface area contributed by atoms with Crippen molar-refractivity contribution in [2.45, 2.75) is 39.2 Å². The molecule has 106 valence electrons. The SMILES string of the molecule is CCC(O)CCNC(=O)CCOc1ccc(C)cc1. The zero-order valence-electron chi connectivity index (χ0n) is 11.7. The molecule has 4 nitrogen and oxygen atoms in total. The summed E-state index contributed by atoms with van der Waals surface area (Å²) in [4.78, 5) is 11.5. The minimum Gasteiger partial charge on any atom is -0.493 e. The molecular weight excluding hydrogens is 242 g/mol. The summed E-state index contributed by atoms with van der Waals surface area (Å²) in [6.07, 6.45) is 1.31. The third-order valence-corrected chi connectivity index (χ3v) is 2.89. The molecule has 0 spiro atoms. The lowest BCUT2D eigenvalue weighted by Crippen LogP contribution is -2.28. The number of aliphatic hydroxyl groups excluding tert-OH is 1. The van der Waals surface area contributed by atoms with Crippen molar-refractivity contribution in [1.82, 2.24) is 5.32 Å². The monoisotopic (exact) mass is 265 g/mol. The Bertz CT molecular complexity index is 375. The van der Waals surface area contributed by atoms with E-state index in [2.05, 4.69) is 5.32 Å². The number of carbonyl (C=O) groups is 1. The maximum Gasteiger partial charge on any atom is 0.223 e. The number of aliphatic hydroxyl groups is 1. The number of ether oxygens (including phenoxy) is 1. The quantitative estimate of drug-likeness (QED) is 0.756. The molecule has 1 aromatic rings. The number of aryl methyl sites for hydroxylation is 1. The molecule has 1 atom stereocenters. The second-order valence-corrected chi connectivity index (χ2v) is 4.61. The fraction of sp³-hybridized carbons (Fsp3) is 0.533. The molecule has 19 heavy (non-hydrogen) atoms. The number of amides is 1. The molecule has 1 rings (SSSR count). The minimum absolute atomic E-state index is 0.0459. The van der Waals surface area contributed by atoms with Crippen molar-refractivity contribution in [2.24, 2.45) is 0 Å². The predicted molar refractivity (Wildman–Crippen MR) is 75.2 cm³/mol. The van der Waals surface area contributed by atoms with Gasteiger partial charge in [-0.05, 0) is 31.9 Å². The van der Waals surface area contributed by atoms with Crippen molar-refractivity contribution in [3.8, 4) is 5.75 Å². The molecule has 0 bridgehead atoms. The highest BCUT2D eigenvalue weighted by molar-refractivity contribution is 5.75. The summed E-state index contributed by atoms with van der Waals surface area (Å²) in [5, 5.41) is 12.1. The van der Waals surface area contributed by atoms with Gasteiger partial charge in [-0.15, -0.1) is 0 Å². The molecule has 2 N–H and O–H groups in total. The maximum atomic E-state index is 11.5. The first-order valence-electron chi connectivity index (χ1n) is 6.76. The Morgan fingerprint density at radius 3 is 2.68 bits per heavy atom. The van der Waals surface area contributed by atoms with Crippen LogP contribution >= 0.6 is 0 Å². The normalized spacial score (nSPS) is 11.9. The summed E-state index contributed by atoms with van der Waals surface area (Å²) in [6.45, 7) is 4.81. The third kappa shape index (κ3) is 6.82. The number of rotatable bonds is 8. The van der Waals surface area contributed by atoms with Crippen LogP contribution in [0, 0.1) is 6.92 Å². The molecular formula is C15H23NO3. The van der Waals surface area contributed by atoms with Crippen molar-refractivity contribution in [1.29, 1.82) is 0 Å². The van der Waals surface area contributed by atoms with E-state index in [9.17, 15) is 9.90 Å². The Morgan fingerprint density at radius 2 is 2.05 bits per heavy atom. The fourth-order valence-corrected chi connectivity index (χ4v) is 1.57. The number of hydrogen-bond acceptors (Lipinski definition) is 3. The molecule has 1 aromatic carbocycles.